The average Bonchev–Trinajstić information content (AvgIpc) is 3.41. The first-order chi connectivity index (χ1) is 23.2. The van der Waals surface area contributed by atoms with Crippen molar-refractivity contribution in [2.75, 3.05) is 12.0 Å². The van der Waals surface area contributed by atoms with E-state index in [0.29, 0.717) is 5.56 Å². The second kappa shape index (κ2) is 11.3. The highest BCUT2D eigenvalue weighted by atomic mass is 35.5. The highest BCUT2D eigenvalue weighted by Gasteiger charge is 2.77. The van der Waals surface area contributed by atoms with E-state index < -0.39 is 98.2 Å². The molecule has 3 fully saturated rings. The Balaban J connectivity index is 1.41. The van der Waals surface area contributed by atoms with Gasteiger partial charge in [0.05, 0.1) is 25.5 Å². The van der Waals surface area contributed by atoms with E-state index in [9.17, 15) is 37.5 Å². The molecule has 254 valence electrons. The molecule has 0 radical (unpaired) electrons. The predicted octanol–water partition coefficient (Wildman–Crippen LogP) is 5.86. The molecule has 0 bridgehead atoms. The summed E-state index contributed by atoms with van der Waals surface area (Å²) in [5.74, 6) is -21.5. The van der Waals surface area contributed by atoms with Crippen molar-refractivity contribution in [1.82, 2.24) is 4.90 Å². The van der Waals surface area contributed by atoms with Crippen molar-refractivity contribution in [1.29, 1.82) is 0 Å². The first-order valence-electron chi connectivity index (χ1n) is 14.9. The Kier molecular flexibility index (Phi) is 7.60. The van der Waals surface area contributed by atoms with E-state index in [1.54, 1.807) is 36.4 Å². The molecular formula is C34H23Cl2F5N2O6. The second-order valence-corrected chi connectivity index (χ2v) is 13.6. The Morgan fingerprint density at radius 1 is 0.857 bits per heavy atom. The molecule has 0 spiro atoms. The molecule has 6 atom stereocenters. The third-order valence-corrected chi connectivity index (χ3v) is 11.4. The highest BCUT2D eigenvalue weighted by Crippen LogP contribution is 2.66. The van der Waals surface area contributed by atoms with Crippen LogP contribution in [0.2, 0.25) is 0 Å². The molecule has 0 unspecified atom stereocenters. The number of rotatable bonds is 5. The Bertz CT molecular complexity index is 2000. The summed E-state index contributed by atoms with van der Waals surface area (Å²) in [5, 5.41) is 10.3. The molecule has 8 nitrogen and oxygen atoms in total. The number of allylic oxidation sites excluding steroid dienone is 2. The summed E-state index contributed by atoms with van der Waals surface area (Å²) in [6.07, 6.45) is 0.974. The van der Waals surface area contributed by atoms with Gasteiger partial charge in [-0.2, -0.15) is 0 Å². The van der Waals surface area contributed by atoms with Gasteiger partial charge in [-0.25, -0.2) is 26.9 Å². The number of amides is 4. The number of alkyl halides is 2. The normalized spacial score (nSPS) is 29.2. The molecule has 0 aromatic heterocycles. The minimum atomic E-state index is -2.68. The number of aromatic hydroxyl groups is 1. The second-order valence-electron chi connectivity index (χ2n) is 12.4. The van der Waals surface area contributed by atoms with Gasteiger partial charge in [0.1, 0.15) is 5.69 Å². The zero-order chi connectivity index (χ0) is 35.3. The number of carbonyl (C=O) groups is 4. The minimum absolute atomic E-state index is 0.00380. The fourth-order valence-corrected chi connectivity index (χ4v) is 8.74. The summed E-state index contributed by atoms with van der Waals surface area (Å²) in [6.45, 7) is -0.0525. The fraction of sp³-hybridized carbons (Fsp3) is 0.294. The molecule has 4 aliphatic rings. The van der Waals surface area contributed by atoms with Crippen molar-refractivity contribution >= 4 is 52.5 Å². The van der Waals surface area contributed by atoms with Gasteiger partial charge in [0.25, 0.3) is 11.8 Å². The zero-order valence-electron chi connectivity index (χ0n) is 25.2. The van der Waals surface area contributed by atoms with Crippen molar-refractivity contribution in [2.24, 2.45) is 17.8 Å². The van der Waals surface area contributed by atoms with Crippen LogP contribution in [0.1, 0.15) is 29.9 Å². The van der Waals surface area contributed by atoms with E-state index in [4.69, 9.17) is 27.9 Å². The standard InChI is InChI=1S/C34H23Cl2F5N2O6/c1-49-20-11-15(7-10-19(20)44)22-16-8-9-17-21(30(46)42(29(17)45)13-14-5-3-2-4-6-14)18(16)12-33(35)31(47)43(32(48)34(22,33)36)28-26(40)24(38)23(37)25(39)27(28)41/h2-8,10-11,17-18,21-22,44H,9,12-13H2,1H3/t17-,18+,21-,22-,33+,34-/m0/s1. The van der Waals surface area contributed by atoms with Crippen LogP contribution in [0.5, 0.6) is 11.5 Å². The number of imide groups is 2. The van der Waals surface area contributed by atoms with Crippen LogP contribution in [0.3, 0.4) is 0 Å². The summed E-state index contributed by atoms with van der Waals surface area (Å²) in [5.41, 5.74) is -0.818. The summed E-state index contributed by atoms with van der Waals surface area (Å²) >= 11 is 14.2. The van der Waals surface area contributed by atoms with Crippen LogP contribution in [0, 0.1) is 46.8 Å². The van der Waals surface area contributed by atoms with Gasteiger partial charge in [-0.15, -0.1) is 23.2 Å². The third-order valence-electron chi connectivity index (χ3n) is 10.0. The van der Waals surface area contributed by atoms with Gasteiger partial charge in [-0.05, 0) is 42.0 Å². The number of phenols is 1. The number of methoxy groups -OCH3 is 1. The van der Waals surface area contributed by atoms with Crippen LogP contribution >= 0.6 is 23.2 Å². The molecule has 7 rings (SSSR count). The van der Waals surface area contributed by atoms with E-state index in [2.05, 4.69) is 0 Å². The van der Waals surface area contributed by atoms with Crippen molar-refractivity contribution in [3.8, 4) is 11.5 Å². The number of halogens is 7. The molecule has 2 aliphatic heterocycles. The van der Waals surface area contributed by atoms with E-state index in [-0.39, 0.29) is 40.5 Å². The predicted molar refractivity (Wildman–Crippen MR) is 163 cm³/mol. The molecule has 2 saturated heterocycles. The van der Waals surface area contributed by atoms with Crippen molar-refractivity contribution < 1.29 is 51.0 Å². The summed E-state index contributed by atoms with van der Waals surface area (Å²) in [7, 11) is 1.23. The van der Waals surface area contributed by atoms with Crippen molar-refractivity contribution in [3.05, 3.63) is 100 Å². The lowest BCUT2D eigenvalue weighted by atomic mass is 9.56. The number of hydrogen-bond acceptors (Lipinski definition) is 6. The smallest absolute Gasteiger partial charge is 0.258 e. The number of anilines is 1. The summed E-state index contributed by atoms with van der Waals surface area (Å²) in [6, 6.07) is 12.5. The zero-order valence-corrected chi connectivity index (χ0v) is 26.7. The van der Waals surface area contributed by atoms with Crippen LogP contribution in [0.15, 0.2) is 60.2 Å². The van der Waals surface area contributed by atoms with Crippen LogP contribution in [-0.4, -0.2) is 50.5 Å². The van der Waals surface area contributed by atoms with E-state index in [1.165, 1.54) is 25.3 Å². The monoisotopic (exact) mass is 720 g/mol. The Hall–Kier alpha value is -4.49. The number of likely N-dealkylation sites (tertiary alicyclic amines) is 1. The van der Waals surface area contributed by atoms with E-state index in [0.717, 1.165) is 4.90 Å². The van der Waals surface area contributed by atoms with Crippen LogP contribution < -0.4 is 9.64 Å². The fourth-order valence-electron chi connectivity index (χ4n) is 7.80. The topological polar surface area (TPSA) is 104 Å². The Morgan fingerprint density at radius 3 is 2.12 bits per heavy atom. The number of phenolic OH excluding ortho intramolecular Hbond substituents is 1. The van der Waals surface area contributed by atoms with Gasteiger partial charge in [-0.3, -0.25) is 24.1 Å². The number of ether oxygens (including phenoxy) is 1. The summed E-state index contributed by atoms with van der Waals surface area (Å²) in [4.78, 5) is 51.8. The molecule has 3 aromatic rings. The number of benzene rings is 3. The molecule has 49 heavy (non-hydrogen) atoms. The Labute approximate surface area is 284 Å². The molecule has 1 N–H and O–H groups in total. The molecule has 15 heteroatoms. The number of carbonyl (C=O) groups excluding carboxylic acids is 4. The van der Waals surface area contributed by atoms with Gasteiger partial charge < -0.3 is 9.84 Å². The van der Waals surface area contributed by atoms with Crippen molar-refractivity contribution in [2.45, 2.75) is 35.1 Å². The lowest BCUT2D eigenvalue weighted by molar-refractivity contribution is -0.141. The first-order valence-corrected chi connectivity index (χ1v) is 15.7. The molecule has 4 amide bonds. The number of fused-ring (bicyclic) bond motifs is 4. The van der Waals surface area contributed by atoms with Crippen LogP contribution in [-0.2, 0) is 25.7 Å². The van der Waals surface area contributed by atoms with E-state index in [1.807, 2.05) is 0 Å². The van der Waals surface area contributed by atoms with Crippen molar-refractivity contribution in [3.63, 3.8) is 0 Å². The number of nitrogens with zero attached hydrogens (tertiary/aromatic N) is 2. The maximum absolute atomic E-state index is 15.2. The molecule has 2 heterocycles. The molecule has 1 saturated carbocycles. The molecule has 3 aromatic carbocycles. The van der Waals surface area contributed by atoms with Crippen LogP contribution in [0.4, 0.5) is 27.6 Å². The molecule has 2 aliphatic carbocycles. The summed E-state index contributed by atoms with van der Waals surface area (Å²) < 4.78 is 78.4. The highest BCUT2D eigenvalue weighted by molar-refractivity contribution is 6.58. The SMILES string of the molecule is COc1cc([C@H]2C3=CC[C@@H]4C(=O)N(Cc5ccccc5)C(=O)[C@@H]4[C@@H]3C[C@@]3(Cl)C(=O)N(c4c(F)c(F)c(F)c(F)c4F)C(=O)[C@@]23Cl)ccc1O. The lowest BCUT2D eigenvalue weighted by Crippen LogP contribution is -2.60. The number of hydrogen-bond donors (Lipinski definition) is 1. The quantitative estimate of drug-likeness (QED) is 0.0885. The van der Waals surface area contributed by atoms with E-state index >= 15 is 8.78 Å². The first kappa shape index (κ1) is 33.0. The van der Waals surface area contributed by atoms with Gasteiger partial charge in [0, 0.05) is 5.92 Å². The maximum Gasteiger partial charge on any atom is 0.258 e. The third kappa shape index (κ3) is 4.33. The van der Waals surface area contributed by atoms with Gasteiger partial charge in [0.2, 0.25) is 17.6 Å². The van der Waals surface area contributed by atoms with Crippen LogP contribution in [0.25, 0.3) is 0 Å². The average molecular weight is 721 g/mol. The Morgan fingerprint density at radius 2 is 1.49 bits per heavy atom. The molecular weight excluding hydrogens is 698 g/mol. The maximum atomic E-state index is 15.2. The lowest BCUT2D eigenvalue weighted by Gasteiger charge is -2.50. The van der Waals surface area contributed by atoms with Gasteiger partial charge >= 0.3 is 0 Å². The van der Waals surface area contributed by atoms with Gasteiger partial charge in [0.15, 0.2) is 44.5 Å². The largest absolute Gasteiger partial charge is 0.504 e. The van der Waals surface area contributed by atoms with Gasteiger partial charge in [-0.1, -0.05) is 48.0 Å². The minimum Gasteiger partial charge on any atom is -0.504 e.